The summed E-state index contributed by atoms with van der Waals surface area (Å²) in [4.78, 5) is 17.3. The number of aromatic amines is 1. The molecule has 0 bridgehead atoms. The number of fused-ring (bicyclic) bond motifs is 1. The first kappa shape index (κ1) is 7.17. The molecular weight excluding hydrogens is 180 g/mol. The third kappa shape index (κ3) is 1.04. The van der Waals surface area contributed by atoms with Gasteiger partial charge in [-0.25, -0.2) is 4.98 Å². The van der Waals surface area contributed by atoms with E-state index in [1.165, 1.54) is 12.4 Å². The van der Waals surface area contributed by atoms with Crippen LogP contribution >= 0.6 is 11.6 Å². The third-order valence-electron chi connectivity index (χ3n) is 1.37. The molecule has 60 valence electrons. The smallest absolute Gasteiger partial charge is 0.260 e. The molecule has 12 heavy (non-hydrogen) atoms. The molecule has 0 aliphatic carbocycles. The Morgan fingerprint density at radius 2 is 2.25 bits per heavy atom. The van der Waals surface area contributed by atoms with Gasteiger partial charge in [0.05, 0.1) is 11.7 Å². The van der Waals surface area contributed by atoms with E-state index < -0.39 is 0 Å². The second-order valence-corrected chi connectivity index (χ2v) is 2.52. The van der Waals surface area contributed by atoms with Crippen molar-refractivity contribution in [1.82, 2.24) is 20.2 Å². The summed E-state index contributed by atoms with van der Waals surface area (Å²) in [5, 5.41) is 7.70. The van der Waals surface area contributed by atoms with Crippen LogP contribution in [0.5, 0.6) is 0 Å². The number of nitrogens with zero attached hydrogens (tertiary/aromatic N) is 3. The van der Waals surface area contributed by atoms with Crippen LogP contribution in [0.4, 0.5) is 0 Å². The molecule has 0 saturated heterocycles. The maximum atomic E-state index is 11.1. The summed E-state index contributed by atoms with van der Waals surface area (Å²) in [6, 6.07) is 1.43. The zero-order valence-corrected chi connectivity index (χ0v) is 6.54. The highest BCUT2D eigenvalue weighted by atomic mass is 35.5. The van der Waals surface area contributed by atoms with E-state index in [0.29, 0.717) is 11.0 Å². The zero-order valence-electron chi connectivity index (χ0n) is 5.78. The summed E-state index contributed by atoms with van der Waals surface area (Å²) < 4.78 is 0. The fourth-order valence-corrected chi connectivity index (χ4v) is 1.00. The highest BCUT2D eigenvalue weighted by molar-refractivity contribution is 6.29. The molecule has 0 aliphatic heterocycles. The largest absolute Gasteiger partial charge is 0.313 e. The number of nitrogens with one attached hydrogen (secondary N) is 1. The van der Waals surface area contributed by atoms with Crippen molar-refractivity contribution >= 4 is 22.6 Å². The number of aromatic nitrogens is 4. The Kier molecular flexibility index (Phi) is 1.51. The molecule has 5 nitrogen and oxygen atoms in total. The Balaban J connectivity index is 2.98. The van der Waals surface area contributed by atoms with Crippen molar-refractivity contribution in [3.8, 4) is 0 Å². The van der Waals surface area contributed by atoms with Crippen LogP contribution in [-0.4, -0.2) is 20.2 Å². The van der Waals surface area contributed by atoms with Crippen LogP contribution in [0.3, 0.4) is 0 Å². The van der Waals surface area contributed by atoms with E-state index in [-0.39, 0.29) is 10.7 Å². The molecule has 0 fully saturated rings. The van der Waals surface area contributed by atoms with Crippen molar-refractivity contribution in [3.63, 3.8) is 0 Å². The molecule has 0 aliphatic rings. The predicted molar refractivity (Wildman–Crippen MR) is 43.0 cm³/mol. The lowest BCUT2D eigenvalue weighted by molar-refractivity contribution is 1.03. The normalized spacial score (nSPS) is 10.4. The minimum absolute atomic E-state index is 0.181. The highest BCUT2D eigenvalue weighted by Crippen LogP contribution is 2.06. The molecule has 0 atom stereocenters. The number of hydrogen-bond donors (Lipinski definition) is 1. The van der Waals surface area contributed by atoms with Crippen molar-refractivity contribution in [2.24, 2.45) is 0 Å². The van der Waals surface area contributed by atoms with Crippen molar-refractivity contribution in [2.75, 3.05) is 0 Å². The zero-order chi connectivity index (χ0) is 8.55. The molecule has 2 aromatic heterocycles. The molecule has 0 aromatic carbocycles. The summed E-state index contributed by atoms with van der Waals surface area (Å²) in [5.41, 5.74) is 0.0277. The van der Waals surface area contributed by atoms with Gasteiger partial charge in [-0.2, -0.15) is 0 Å². The quantitative estimate of drug-likeness (QED) is 0.639. The Labute approximate surface area is 71.4 Å². The molecule has 0 amide bonds. The van der Waals surface area contributed by atoms with E-state index in [9.17, 15) is 4.79 Å². The van der Waals surface area contributed by atoms with Gasteiger partial charge in [0.2, 0.25) is 0 Å². The maximum absolute atomic E-state index is 11.1. The van der Waals surface area contributed by atoms with Gasteiger partial charge in [-0.1, -0.05) is 11.6 Å². The van der Waals surface area contributed by atoms with Gasteiger partial charge in [0.15, 0.2) is 10.8 Å². The van der Waals surface area contributed by atoms with E-state index in [1.54, 1.807) is 0 Å². The lowest BCUT2D eigenvalue weighted by atomic mass is 10.4. The Morgan fingerprint density at radius 1 is 1.42 bits per heavy atom. The molecule has 6 heteroatoms. The van der Waals surface area contributed by atoms with Crippen molar-refractivity contribution in [3.05, 3.63) is 27.9 Å². The summed E-state index contributed by atoms with van der Waals surface area (Å²) in [6.45, 7) is 0. The fourth-order valence-electron chi connectivity index (χ4n) is 0.854. The van der Waals surface area contributed by atoms with Crippen LogP contribution in [0.25, 0.3) is 11.0 Å². The highest BCUT2D eigenvalue weighted by Gasteiger charge is 2.01. The van der Waals surface area contributed by atoms with Crippen LogP contribution in [0.15, 0.2) is 17.2 Å². The van der Waals surface area contributed by atoms with E-state index in [2.05, 4.69) is 20.2 Å². The van der Waals surface area contributed by atoms with Crippen LogP contribution in [-0.2, 0) is 0 Å². The molecule has 0 saturated carbocycles. The molecule has 0 spiro atoms. The second-order valence-electron chi connectivity index (χ2n) is 2.14. The second kappa shape index (κ2) is 2.53. The Bertz CT molecular complexity index is 480. The standard InChI is InChI=1S/C6H3ClN4O/c7-4-1-3-5(11-10-4)8-2-9-6(3)12/h1-2H,(H,8,9,11,12). The lowest BCUT2D eigenvalue weighted by Crippen LogP contribution is -2.07. The minimum atomic E-state index is -0.267. The van der Waals surface area contributed by atoms with Gasteiger partial charge in [0.25, 0.3) is 5.56 Å². The van der Waals surface area contributed by atoms with Gasteiger partial charge < -0.3 is 4.98 Å². The predicted octanol–water partition coefficient (Wildman–Crippen LogP) is 0.366. The molecule has 1 N–H and O–H groups in total. The van der Waals surface area contributed by atoms with E-state index in [0.717, 1.165) is 0 Å². The van der Waals surface area contributed by atoms with E-state index >= 15 is 0 Å². The number of halogens is 1. The number of hydrogen-bond acceptors (Lipinski definition) is 4. The topological polar surface area (TPSA) is 71.5 Å². The van der Waals surface area contributed by atoms with E-state index in [1.807, 2.05) is 0 Å². The van der Waals surface area contributed by atoms with Gasteiger partial charge in [0, 0.05) is 0 Å². The first-order valence-electron chi connectivity index (χ1n) is 3.14. The van der Waals surface area contributed by atoms with Crippen LogP contribution in [0.1, 0.15) is 0 Å². The summed E-state index contributed by atoms with van der Waals surface area (Å²) in [7, 11) is 0. The van der Waals surface area contributed by atoms with Crippen LogP contribution < -0.4 is 5.56 Å². The molecule has 2 aromatic rings. The summed E-state index contributed by atoms with van der Waals surface area (Å²) in [6.07, 6.45) is 1.27. The molecular formula is C6H3ClN4O. The Hall–Kier alpha value is -1.49. The van der Waals surface area contributed by atoms with Crippen LogP contribution in [0, 0.1) is 0 Å². The van der Waals surface area contributed by atoms with Crippen molar-refractivity contribution in [2.45, 2.75) is 0 Å². The molecule has 2 rings (SSSR count). The first-order chi connectivity index (χ1) is 5.77. The van der Waals surface area contributed by atoms with Crippen molar-refractivity contribution in [1.29, 1.82) is 0 Å². The van der Waals surface area contributed by atoms with Crippen LogP contribution in [0.2, 0.25) is 5.15 Å². The van der Waals surface area contributed by atoms with Gasteiger partial charge in [-0.3, -0.25) is 4.79 Å². The van der Waals surface area contributed by atoms with Gasteiger partial charge >= 0.3 is 0 Å². The van der Waals surface area contributed by atoms with Gasteiger partial charge in [-0.15, -0.1) is 10.2 Å². The number of rotatable bonds is 0. The average molecular weight is 183 g/mol. The summed E-state index contributed by atoms with van der Waals surface area (Å²) in [5.74, 6) is 0. The maximum Gasteiger partial charge on any atom is 0.260 e. The Morgan fingerprint density at radius 3 is 3.08 bits per heavy atom. The van der Waals surface area contributed by atoms with Crippen molar-refractivity contribution < 1.29 is 0 Å². The first-order valence-corrected chi connectivity index (χ1v) is 3.52. The monoisotopic (exact) mass is 182 g/mol. The fraction of sp³-hybridized carbons (Fsp3) is 0. The third-order valence-corrected chi connectivity index (χ3v) is 1.56. The minimum Gasteiger partial charge on any atom is -0.313 e. The molecule has 0 radical (unpaired) electrons. The molecule has 0 unspecified atom stereocenters. The average Bonchev–Trinajstić information content (AvgIpc) is 2.07. The SMILES string of the molecule is O=c1[nH]cnc2nnc(Cl)cc12. The number of H-pyrrole nitrogens is 1. The summed E-state index contributed by atoms with van der Waals surface area (Å²) >= 11 is 5.54. The van der Waals surface area contributed by atoms with Gasteiger partial charge in [-0.05, 0) is 6.07 Å². The van der Waals surface area contributed by atoms with Gasteiger partial charge in [0.1, 0.15) is 0 Å². The molecule has 2 heterocycles. The lowest BCUT2D eigenvalue weighted by Gasteiger charge is -1.92. The van der Waals surface area contributed by atoms with E-state index in [4.69, 9.17) is 11.6 Å².